The molecule has 3 nitrogen and oxygen atoms in total. The predicted octanol–water partition coefficient (Wildman–Crippen LogP) is 3.06. The molecule has 0 heterocycles. The standard InChI is InChI=1S/C16H33NO2S/c1-4-20-16-8-7-14(10-16)17-11-15(18)12-19-9-5-6-13(2)3/h13-18H,4-12H2,1-3H3. The van der Waals surface area contributed by atoms with Crippen LogP contribution in [0.1, 0.15) is 52.9 Å². The predicted molar refractivity (Wildman–Crippen MR) is 88.5 cm³/mol. The summed E-state index contributed by atoms with van der Waals surface area (Å²) >= 11 is 2.07. The van der Waals surface area contributed by atoms with Gasteiger partial charge in [0.15, 0.2) is 0 Å². The van der Waals surface area contributed by atoms with Crippen LogP contribution in [-0.2, 0) is 4.74 Å². The summed E-state index contributed by atoms with van der Waals surface area (Å²) in [5.74, 6) is 1.95. The van der Waals surface area contributed by atoms with Crippen LogP contribution in [0.5, 0.6) is 0 Å². The zero-order valence-corrected chi connectivity index (χ0v) is 14.3. The quantitative estimate of drug-likeness (QED) is 0.576. The second-order valence-corrected chi connectivity index (χ2v) is 7.84. The topological polar surface area (TPSA) is 41.5 Å². The number of rotatable bonds is 11. The van der Waals surface area contributed by atoms with E-state index < -0.39 is 0 Å². The Balaban J connectivity index is 1.96. The summed E-state index contributed by atoms with van der Waals surface area (Å²) in [5.41, 5.74) is 0. The lowest BCUT2D eigenvalue weighted by Gasteiger charge is -2.17. The lowest BCUT2D eigenvalue weighted by Crippen LogP contribution is -2.36. The third-order valence-electron chi connectivity index (χ3n) is 3.81. The first-order chi connectivity index (χ1) is 9.61. The molecule has 1 rings (SSSR count). The Bertz CT molecular complexity index is 239. The number of ether oxygens (including phenoxy) is 1. The Morgan fingerprint density at radius 1 is 1.35 bits per heavy atom. The van der Waals surface area contributed by atoms with Crippen molar-refractivity contribution in [3.05, 3.63) is 0 Å². The van der Waals surface area contributed by atoms with Crippen molar-refractivity contribution in [3.63, 3.8) is 0 Å². The maximum absolute atomic E-state index is 9.89. The number of aliphatic hydroxyl groups is 1. The van der Waals surface area contributed by atoms with Gasteiger partial charge in [-0.3, -0.25) is 0 Å². The van der Waals surface area contributed by atoms with Crippen molar-refractivity contribution in [3.8, 4) is 0 Å². The molecule has 3 unspecified atom stereocenters. The molecule has 20 heavy (non-hydrogen) atoms. The highest BCUT2D eigenvalue weighted by atomic mass is 32.2. The van der Waals surface area contributed by atoms with Crippen LogP contribution in [0.4, 0.5) is 0 Å². The van der Waals surface area contributed by atoms with Gasteiger partial charge in [0, 0.05) is 24.4 Å². The number of thioether (sulfide) groups is 1. The van der Waals surface area contributed by atoms with E-state index >= 15 is 0 Å². The molecule has 0 aromatic heterocycles. The number of hydrogen-bond acceptors (Lipinski definition) is 4. The molecule has 3 atom stereocenters. The molecule has 0 spiro atoms. The van der Waals surface area contributed by atoms with Gasteiger partial charge in [-0.05, 0) is 43.8 Å². The van der Waals surface area contributed by atoms with E-state index in [9.17, 15) is 5.11 Å². The van der Waals surface area contributed by atoms with Gasteiger partial charge in [-0.2, -0.15) is 11.8 Å². The van der Waals surface area contributed by atoms with Gasteiger partial charge in [0.25, 0.3) is 0 Å². The molecular weight excluding hydrogens is 270 g/mol. The van der Waals surface area contributed by atoms with Crippen LogP contribution in [0, 0.1) is 5.92 Å². The lowest BCUT2D eigenvalue weighted by atomic mass is 10.1. The van der Waals surface area contributed by atoms with Gasteiger partial charge < -0.3 is 15.2 Å². The SMILES string of the molecule is CCSC1CCC(NCC(O)COCCCC(C)C)C1. The van der Waals surface area contributed by atoms with Crippen molar-refractivity contribution in [2.24, 2.45) is 5.92 Å². The molecule has 0 aliphatic heterocycles. The Morgan fingerprint density at radius 3 is 2.85 bits per heavy atom. The lowest BCUT2D eigenvalue weighted by molar-refractivity contribution is 0.0336. The fourth-order valence-corrected chi connectivity index (χ4v) is 3.83. The van der Waals surface area contributed by atoms with Gasteiger partial charge in [0.1, 0.15) is 0 Å². The first-order valence-electron chi connectivity index (χ1n) is 8.22. The van der Waals surface area contributed by atoms with Crippen molar-refractivity contribution in [1.82, 2.24) is 5.32 Å². The summed E-state index contributed by atoms with van der Waals surface area (Å²) < 4.78 is 5.53. The molecule has 1 aliphatic rings. The van der Waals surface area contributed by atoms with E-state index in [1.54, 1.807) is 0 Å². The van der Waals surface area contributed by atoms with Crippen molar-refractivity contribution in [2.75, 3.05) is 25.5 Å². The van der Waals surface area contributed by atoms with Crippen LogP contribution in [0.15, 0.2) is 0 Å². The number of hydrogen-bond donors (Lipinski definition) is 2. The number of aliphatic hydroxyl groups excluding tert-OH is 1. The van der Waals surface area contributed by atoms with E-state index in [0.29, 0.717) is 19.2 Å². The second kappa shape index (κ2) is 10.9. The van der Waals surface area contributed by atoms with E-state index in [2.05, 4.69) is 37.8 Å². The third kappa shape index (κ3) is 8.50. The second-order valence-electron chi connectivity index (χ2n) is 6.26. The minimum atomic E-state index is -0.369. The first kappa shape index (κ1) is 18.3. The van der Waals surface area contributed by atoms with E-state index in [1.165, 1.54) is 31.4 Å². The maximum atomic E-state index is 9.89. The highest BCUT2D eigenvalue weighted by molar-refractivity contribution is 7.99. The van der Waals surface area contributed by atoms with Crippen molar-refractivity contribution < 1.29 is 9.84 Å². The van der Waals surface area contributed by atoms with Gasteiger partial charge >= 0.3 is 0 Å². The van der Waals surface area contributed by atoms with Crippen LogP contribution < -0.4 is 5.32 Å². The van der Waals surface area contributed by atoms with Gasteiger partial charge in [-0.15, -0.1) is 0 Å². The van der Waals surface area contributed by atoms with Crippen molar-refractivity contribution in [1.29, 1.82) is 0 Å². The summed E-state index contributed by atoms with van der Waals surface area (Å²) in [7, 11) is 0. The van der Waals surface area contributed by atoms with Gasteiger partial charge in [0.2, 0.25) is 0 Å². The van der Waals surface area contributed by atoms with Crippen molar-refractivity contribution >= 4 is 11.8 Å². The fourth-order valence-electron chi connectivity index (χ4n) is 2.69. The minimum Gasteiger partial charge on any atom is -0.389 e. The first-order valence-corrected chi connectivity index (χ1v) is 9.27. The Kier molecular flexibility index (Phi) is 9.95. The molecule has 120 valence electrons. The van der Waals surface area contributed by atoms with E-state index in [0.717, 1.165) is 24.2 Å². The zero-order valence-electron chi connectivity index (χ0n) is 13.4. The van der Waals surface area contributed by atoms with Crippen LogP contribution >= 0.6 is 11.8 Å². The maximum Gasteiger partial charge on any atom is 0.0897 e. The molecule has 0 aromatic carbocycles. The molecule has 0 radical (unpaired) electrons. The molecule has 1 saturated carbocycles. The monoisotopic (exact) mass is 303 g/mol. The summed E-state index contributed by atoms with van der Waals surface area (Å²) in [6.07, 6.45) is 5.74. The van der Waals surface area contributed by atoms with Crippen molar-refractivity contribution in [2.45, 2.75) is 70.3 Å². The van der Waals surface area contributed by atoms with Crippen LogP contribution in [0.3, 0.4) is 0 Å². The Labute approximate surface area is 129 Å². The van der Waals surface area contributed by atoms with Crippen LogP contribution in [0.25, 0.3) is 0 Å². The fraction of sp³-hybridized carbons (Fsp3) is 1.00. The van der Waals surface area contributed by atoms with Gasteiger partial charge in [-0.25, -0.2) is 0 Å². The summed E-state index contributed by atoms with van der Waals surface area (Å²) in [6.45, 7) is 8.58. The molecule has 2 N–H and O–H groups in total. The Hall–Kier alpha value is 0.230. The van der Waals surface area contributed by atoms with E-state index in [1.807, 2.05) is 0 Å². The molecule has 1 aliphatic carbocycles. The minimum absolute atomic E-state index is 0.369. The molecule has 0 aromatic rings. The van der Waals surface area contributed by atoms with Gasteiger partial charge in [-0.1, -0.05) is 20.8 Å². The van der Waals surface area contributed by atoms with Crippen LogP contribution in [-0.4, -0.2) is 48.0 Å². The largest absolute Gasteiger partial charge is 0.389 e. The molecular formula is C16H33NO2S. The van der Waals surface area contributed by atoms with Crippen LogP contribution in [0.2, 0.25) is 0 Å². The van der Waals surface area contributed by atoms with E-state index in [4.69, 9.17) is 4.74 Å². The molecule has 0 bridgehead atoms. The molecule has 0 saturated heterocycles. The molecule has 0 amide bonds. The highest BCUT2D eigenvalue weighted by Gasteiger charge is 2.24. The molecule has 4 heteroatoms. The number of nitrogens with one attached hydrogen (secondary N) is 1. The van der Waals surface area contributed by atoms with E-state index in [-0.39, 0.29) is 6.10 Å². The van der Waals surface area contributed by atoms with Gasteiger partial charge in [0.05, 0.1) is 12.7 Å². The third-order valence-corrected chi connectivity index (χ3v) is 5.04. The summed E-state index contributed by atoms with van der Waals surface area (Å²) in [5, 5.41) is 14.2. The summed E-state index contributed by atoms with van der Waals surface area (Å²) in [4.78, 5) is 0. The smallest absolute Gasteiger partial charge is 0.0897 e. The average molecular weight is 304 g/mol. The highest BCUT2D eigenvalue weighted by Crippen LogP contribution is 2.29. The average Bonchev–Trinajstić information content (AvgIpc) is 2.84. The normalized spacial score (nSPS) is 24.4. The zero-order chi connectivity index (χ0) is 14.8. The molecule has 1 fully saturated rings. The summed E-state index contributed by atoms with van der Waals surface area (Å²) in [6, 6.07) is 0.592. The Morgan fingerprint density at radius 2 is 2.15 bits per heavy atom.